The van der Waals surface area contributed by atoms with Gasteiger partial charge in [0.25, 0.3) is 0 Å². The van der Waals surface area contributed by atoms with E-state index in [1.54, 1.807) is 24.3 Å². The molecule has 0 bridgehead atoms. The molecular weight excluding hydrogens is 304 g/mol. The van der Waals surface area contributed by atoms with Crippen LogP contribution in [0.5, 0.6) is 5.75 Å². The number of nitrogens with two attached hydrogens (primary N) is 1. The summed E-state index contributed by atoms with van der Waals surface area (Å²) in [6.45, 7) is 0. The Kier molecular flexibility index (Phi) is 4.03. The van der Waals surface area contributed by atoms with E-state index in [0.29, 0.717) is 11.4 Å². The number of benzene rings is 2. The van der Waals surface area contributed by atoms with Gasteiger partial charge in [-0.25, -0.2) is 0 Å². The van der Waals surface area contributed by atoms with Gasteiger partial charge in [-0.2, -0.15) is 0 Å². The van der Waals surface area contributed by atoms with Gasteiger partial charge in [0, 0.05) is 34.9 Å². The number of ketones is 1. The Morgan fingerprint density at radius 2 is 1.54 bits per heavy atom. The van der Waals surface area contributed by atoms with E-state index in [0.717, 1.165) is 17.1 Å². The average molecular weight is 320 g/mol. The number of hydrogen-bond acceptors (Lipinski definition) is 6. The molecule has 1 aliphatic rings. The molecule has 0 amide bonds. The summed E-state index contributed by atoms with van der Waals surface area (Å²) in [4.78, 5) is 11.5. The second-order valence-electron chi connectivity index (χ2n) is 5.31. The van der Waals surface area contributed by atoms with E-state index in [2.05, 4.69) is 10.6 Å². The maximum absolute atomic E-state index is 11.5. The summed E-state index contributed by atoms with van der Waals surface area (Å²) in [5, 5.41) is 23.3. The summed E-state index contributed by atoms with van der Waals surface area (Å²) in [6.07, 6.45) is 4.55. The first kappa shape index (κ1) is 15.4. The molecule has 0 atom stereocenters. The predicted octanol–water partition coefficient (Wildman–Crippen LogP) is 3.17. The molecule has 0 fully saturated rings. The van der Waals surface area contributed by atoms with Crippen molar-refractivity contribution in [3.63, 3.8) is 0 Å². The summed E-state index contributed by atoms with van der Waals surface area (Å²) in [5.41, 5.74) is 8.91. The fourth-order valence-corrected chi connectivity index (χ4v) is 2.19. The summed E-state index contributed by atoms with van der Waals surface area (Å²) < 4.78 is 0. The topological polar surface area (TPSA) is 111 Å². The number of carbonyl (C=O) groups excluding carboxylic acids is 1. The van der Waals surface area contributed by atoms with Crippen LogP contribution in [0, 0.1) is 5.41 Å². The van der Waals surface area contributed by atoms with Gasteiger partial charge >= 0.3 is 0 Å². The Labute approximate surface area is 138 Å². The van der Waals surface area contributed by atoms with E-state index in [9.17, 15) is 9.90 Å². The van der Waals surface area contributed by atoms with Crippen molar-refractivity contribution in [2.75, 3.05) is 16.4 Å². The number of phenolic OH excluding ortho intramolecular Hbond substituents is 1. The Balaban J connectivity index is 1.68. The molecule has 3 rings (SSSR count). The van der Waals surface area contributed by atoms with Crippen molar-refractivity contribution in [3.8, 4) is 5.75 Å². The Morgan fingerprint density at radius 3 is 2.17 bits per heavy atom. The quantitative estimate of drug-likeness (QED) is 0.337. The summed E-state index contributed by atoms with van der Waals surface area (Å²) in [6, 6.07) is 12.4. The van der Waals surface area contributed by atoms with Crippen LogP contribution in [0.2, 0.25) is 0 Å². The zero-order valence-electron chi connectivity index (χ0n) is 12.7. The number of anilines is 4. The van der Waals surface area contributed by atoms with E-state index in [-0.39, 0.29) is 17.2 Å². The number of rotatable bonds is 4. The molecule has 0 spiro atoms. The lowest BCUT2D eigenvalue weighted by Crippen LogP contribution is -2.13. The zero-order valence-corrected chi connectivity index (χ0v) is 12.7. The Bertz CT molecular complexity index is 867. The van der Waals surface area contributed by atoms with E-state index in [4.69, 9.17) is 11.1 Å². The van der Waals surface area contributed by atoms with Crippen LogP contribution < -0.4 is 16.4 Å². The monoisotopic (exact) mass is 320 g/mol. The van der Waals surface area contributed by atoms with Crippen molar-refractivity contribution < 1.29 is 9.90 Å². The molecule has 2 aromatic rings. The second kappa shape index (κ2) is 6.29. The molecule has 6 nitrogen and oxygen atoms in total. The molecule has 6 heteroatoms. The van der Waals surface area contributed by atoms with Gasteiger partial charge < -0.3 is 21.5 Å². The van der Waals surface area contributed by atoms with Crippen molar-refractivity contribution in [3.05, 3.63) is 66.4 Å². The van der Waals surface area contributed by atoms with Crippen LogP contribution in [-0.2, 0) is 4.79 Å². The van der Waals surface area contributed by atoms with Crippen LogP contribution in [0.1, 0.15) is 0 Å². The standard InChI is InChI=1S/C18H16N4O2/c19-15-7-5-13(9-17(15)23)21-11-1-2-12(4-3-11)22-14-6-8-16(20)18(24)10-14/h1-10,19,21-22,24H,20H2. The highest BCUT2D eigenvalue weighted by Gasteiger charge is 2.09. The van der Waals surface area contributed by atoms with Crippen LogP contribution in [0.3, 0.4) is 0 Å². The van der Waals surface area contributed by atoms with Gasteiger partial charge in [-0.15, -0.1) is 0 Å². The van der Waals surface area contributed by atoms with Gasteiger partial charge in [0.2, 0.25) is 5.78 Å². The van der Waals surface area contributed by atoms with Gasteiger partial charge in [0.15, 0.2) is 0 Å². The first-order chi connectivity index (χ1) is 11.5. The predicted molar refractivity (Wildman–Crippen MR) is 95.8 cm³/mol. The molecular formula is C18H16N4O2. The maximum Gasteiger partial charge on any atom is 0.205 e. The lowest BCUT2D eigenvalue weighted by molar-refractivity contribution is -0.108. The third-order valence-electron chi connectivity index (χ3n) is 3.47. The molecule has 0 radical (unpaired) electrons. The average Bonchev–Trinajstić information content (AvgIpc) is 2.56. The van der Waals surface area contributed by atoms with Crippen molar-refractivity contribution in [1.29, 1.82) is 5.41 Å². The largest absolute Gasteiger partial charge is 0.506 e. The third kappa shape index (κ3) is 3.44. The summed E-state index contributed by atoms with van der Waals surface area (Å²) >= 11 is 0. The van der Waals surface area contributed by atoms with Gasteiger partial charge in [-0.1, -0.05) is 0 Å². The molecule has 2 aromatic carbocycles. The number of allylic oxidation sites excluding steroid dienone is 3. The number of hydrogen-bond donors (Lipinski definition) is 5. The lowest BCUT2D eigenvalue weighted by Gasteiger charge is -2.12. The molecule has 0 aromatic heterocycles. The third-order valence-corrected chi connectivity index (χ3v) is 3.47. The Hall–Kier alpha value is -3.54. The van der Waals surface area contributed by atoms with Crippen LogP contribution in [0.15, 0.2) is 66.4 Å². The molecule has 0 saturated carbocycles. The first-order valence-corrected chi connectivity index (χ1v) is 7.26. The fourth-order valence-electron chi connectivity index (χ4n) is 2.19. The summed E-state index contributed by atoms with van der Waals surface area (Å²) in [7, 11) is 0. The van der Waals surface area contributed by atoms with E-state index in [1.165, 1.54) is 12.2 Å². The molecule has 0 heterocycles. The van der Waals surface area contributed by atoms with Gasteiger partial charge in [0.05, 0.1) is 5.69 Å². The lowest BCUT2D eigenvalue weighted by atomic mass is 10.1. The molecule has 6 N–H and O–H groups in total. The highest BCUT2D eigenvalue weighted by Crippen LogP contribution is 2.26. The molecule has 1 aliphatic carbocycles. The second-order valence-corrected chi connectivity index (χ2v) is 5.31. The van der Waals surface area contributed by atoms with E-state index < -0.39 is 0 Å². The number of phenols is 1. The Morgan fingerprint density at radius 1 is 0.917 bits per heavy atom. The number of nitrogens with one attached hydrogen (secondary N) is 3. The zero-order chi connectivity index (χ0) is 17.1. The van der Waals surface area contributed by atoms with Crippen LogP contribution in [0.25, 0.3) is 0 Å². The minimum atomic E-state index is -0.318. The van der Waals surface area contributed by atoms with Crippen molar-refractivity contribution in [2.45, 2.75) is 0 Å². The van der Waals surface area contributed by atoms with Crippen LogP contribution in [-0.4, -0.2) is 16.6 Å². The van der Waals surface area contributed by atoms with E-state index in [1.807, 2.05) is 24.3 Å². The molecule has 24 heavy (non-hydrogen) atoms. The smallest absolute Gasteiger partial charge is 0.205 e. The van der Waals surface area contributed by atoms with Crippen molar-refractivity contribution in [1.82, 2.24) is 0 Å². The first-order valence-electron chi connectivity index (χ1n) is 7.26. The van der Waals surface area contributed by atoms with Crippen LogP contribution >= 0.6 is 0 Å². The van der Waals surface area contributed by atoms with Crippen LogP contribution in [0.4, 0.5) is 22.7 Å². The fraction of sp³-hybridized carbons (Fsp3) is 0. The van der Waals surface area contributed by atoms with Gasteiger partial charge in [-0.05, 0) is 48.6 Å². The number of nitrogen functional groups attached to an aromatic ring is 1. The molecule has 0 aliphatic heterocycles. The minimum absolute atomic E-state index is 0.0214. The van der Waals surface area contributed by atoms with E-state index >= 15 is 0 Å². The van der Waals surface area contributed by atoms with Crippen molar-refractivity contribution >= 4 is 34.2 Å². The maximum atomic E-state index is 11.5. The summed E-state index contributed by atoms with van der Waals surface area (Å²) in [5.74, 6) is -0.286. The molecule has 120 valence electrons. The van der Waals surface area contributed by atoms with Crippen molar-refractivity contribution in [2.24, 2.45) is 0 Å². The number of aromatic hydroxyl groups is 1. The van der Waals surface area contributed by atoms with Gasteiger partial charge in [0.1, 0.15) is 11.5 Å². The highest BCUT2D eigenvalue weighted by atomic mass is 16.3. The highest BCUT2D eigenvalue weighted by molar-refractivity contribution is 6.47. The normalized spacial score (nSPS) is 13.6. The molecule has 0 saturated heterocycles. The van der Waals surface area contributed by atoms with Gasteiger partial charge in [-0.3, -0.25) is 10.2 Å². The molecule has 0 unspecified atom stereocenters. The minimum Gasteiger partial charge on any atom is -0.506 e. The SMILES string of the molecule is N=C1C=CC(Nc2ccc(Nc3ccc(N)c(O)c3)cc2)=CC1=O. The number of carbonyl (C=O) groups is 1.